The molecule has 2 aromatic rings. The van der Waals surface area contributed by atoms with Crippen LogP contribution in [0.3, 0.4) is 0 Å². The quantitative estimate of drug-likeness (QED) is 0.772. The SMILES string of the molecule is N#C[CH]c1ccccc1Oc1ccccc1. The Morgan fingerprint density at radius 3 is 2.38 bits per heavy atom. The minimum Gasteiger partial charge on any atom is -0.457 e. The summed E-state index contributed by atoms with van der Waals surface area (Å²) < 4.78 is 5.68. The summed E-state index contributed by atoms with van der Waals surface area (Å²) in [6.45, 7) is 0. The van der Waals surface area contributed by atoms with Gasteiger partial charge in [0, 0.05) is 5.56 Å². The van der Waals surface area contributed by atoms with E-state index in [2.05, 4.69) is 0 Å². The van der Waals surface area contributed by atoms with E-state index in [1.54, 1.807) is 0 Å². The lowest BCUT2D eigenvalue weighted by Gasteiger charge is -2.08. The normalized spacial score (nSPS) is 9.44. The van der Waals surface area contributed by atoms with Crippen molar-refractivity contribution in [3.63, 3.8) is 0 Å². The largest absolute Gasteiger partial charge is 0.457 e. The van der Waals surface area contributed by atoms with Crippen LogP contribution in [0.1, 0.15) is 5.56 Å². The third kappa shape index (κ3) is 2.40. The van der Waals surface area contributed by atoms with Gasteiger partial charge < -0.3 is 4.74 Å². The Morgan fingerprint density at radius 2 is 1.62 bits per heavy atom. The lowest BCUT2D eigenvalue weighted by Crippen LogP contribution is -1.88. The van der Waals surface area contributed by atoms with Crippen LogP contribution < -0.4 is 4.74 Å². The Morgan fingerprint density at radius 1 is 0.938 bits per heavy atom. The van der Waals surface area contributed by atoms with Gasteiger partial charge in [-0.25, -0.2) is 0 Å². The van der Waals surface area contributed by atoms with E-state index in [1.807, 2.05) is 60.7 Å². The van der Waals surface area contributed by atoms with E-state index in [-0.39, 0.29) is 0 Å². The molecule has 0 spiro atoms. The second-order valence-electron chi connectivity index (χ2n) is 3.23. The summed E-state index contributed by atoms with van der Waals surface area (Å²) in [6.07, 6.45) is 1.47. The van der Waals surface area contributed by atoms with Crippen LogP contribution in [-0.2, 0) is 0 Å². The van der Waals surface area contributed by atoms with Crippen LogP contribution in [0, 0.1) is 17.8 Å². The molecule has 0 heterocycles. The molecule has 16 heavy (non-hydrogen) atoms. The van der Waals surface area contributed by atoms with Crippen molar-refractivity contribution in [3.8, 4) is 17.6 Å². The van der Waals surface area contributed by atoms with Gasteiger partial charge in [0.25, 0.3) is 0 Å². The van der Waals surface area contributed by atoms with Gasteiger partial charge >= 0.3 is 0 Å². The van der Waals surface area contributed by atoms with E-state index in [0.29, 0.717) is 5.75 Å². The lowest BCUT2D eigenvalue weighted by atomic mass is 10.1. The first-order valence-electron chi connectivity index (χ1n) is 4.95. The van der Waals surface area contributed by atoms with Crippen molar-refractivity contribution >= 4 is 0 Å². The molecule has 0 N–H and O–H groups in total. The van der Waals surface area contributed by atoms with Crippen LogP contribution in [0.15, 0.2) is 54.6 Å². The van der Waals surface area contributed by atoms with Crippen molar-refractivity contribution in [2.45, 2.75) is 0 Å². The van der Waals surface area contributed by atoms with Gasteiger partial charge in [0.1, 0.15) is 11.5 Å². The van der Waals surface area contributed by atoms with E-state index >= 15 is 0 Å². The van der Waals surface area contributed by atoms with E-state index < -0.39 is 0 Å². The second-order valence-corrected chi connectivity index (χ2v) is 3.23. The molecule has 0 atom stereocenters. The maximum Gasteiger partial charge on any atom is 0.132 e. The molecular formula is C14H10NO. The minimum atomic E-state index is 0.690. The van der Waals surface area contributed by atoms with Crippen molar-refractivity contribution in [3.05, 3.63) is 66.6 Å². The molecule has 2 aromatic carbocycles. The molecule has 0 bridgehead atoms. The van der Waals surface area contributed by atoms with Crippen LogP contribution in [0.25, 0.3) is 0 Å². The van der Waals surface area contributed by atoms with Crippen LogP contribution in [-0.4, -0.2) is 0 Å². The highest BCUT2D eigenvalue weighted by Gasteiger charge is 2.03. The lowest BCUT2D eigenvalue weighted by molar-refractivity contribution is 0.480. The van der Waals surface area contributed by atoms with Gasteiger partial charge in [-0.1, -0.05) is 36.4 Å². The topological polar surface area (TPSA) is 33.0 Å². The number of para-hydroxylation sites is 2. The molecule has 0 amide bonds. The Kier molecular flexibility index (Phi) is 3.20. The molecule has 0 aliphatic heterocycles. The van der Waals surface area contributed by atoms with E-state index in [1.165, 1.54) is 6.42 Å². The van der Waals surface area contributed by atoms with Crippen LogP contribution >= 0.6 is 0 Å². The van der Waals surface area contributed by atoms with Gasteiger partial charge in [0.05, 0.1) is 12.5 Å². The highest BCUT2D eigenvalue weighted by atomic mass is 16.5. The van der Waals surface area contributed by atoms with Crippen molar-refractivity contribution < 1.29 is 4.74 Å². The zero-order valence-corrected chi connectivity index (χ0v) is 8.63. The Bertz CT molecular complexity index is 500. The molecule has 2 rings (SSSR count). The zero-order chi connectivity index (χ0) is 11.2. The molecule has 2 heteroatoms. The van der Waals surface area contributed by atoms with Gasteiger partial charge in [-0.3, -0.25) is 0 Å². The predicted octanol–water partition coefficient (Wildman–Crippen LogP) is 3.55. The number of hydrogen-bond donors (Lipinski definition) is 0. The van der Waals surface area contributed by atoms with Gasteiger partial charge in [0.15, 0.2) is 0 Å². The van der Waals surface area contributed by atoms with E-state index in [9.17, 15) is 0 Å². The van der Waals surface area contributed by atoms with Crippen molar-refractivity contribution in [1.29, 1.82) is 5.26 Å². The minimum absolute atomic E-state index is 0.690. The first-order chi connectivity index (χ1) is 7.90. The smallest absolute Gasteiger partial charge is 0.132 e. The number of nitrogens with zero attached hydrogens (tertiary/aromatic N) is 1. The Hall–Kier alpha value is -2.27. The van der Waals surface area contributed by atoms with Gasteiger partial charge in [-0.05, 0) is 18.2 Å². The fourth-order valence-corrected chi connectivity index (χ4v) is 1.38. The third-order valence-electron chi connectivity index (χ3n) is 2.11. The Balaban J connectivity index is 2.25. The molecule has 0 fully saturated rings. The predicted molar refractivity (Wildman–Crippen MR) is 62.0 cm³/mol. The summed E-state index contributed by atoms with van der Waals surface area (Å²) in [7, 11) is 0. The molecule has 2 nitrogen and oxygen atoms in total. The summed E-state index contributed by atoms with van der Waals surface area (Å²) in [4.78, 5) is 0. The summed E-state index contributed by atoms with van der Waals surface area (Å²) in [6, 6.07) is 19.0. The summed E-state index contributed by atoms with van der Waals surface area (Å²) in [5, 5.41) is 8.65. The number of ether oxygens (including phenoxy) is 1. The number of rotatable bonds is 3. The fraction of sp³-hybridized carbons (Fsp3) is 0. The molecule has 1 radical (unpaired) electrons. The molecule has 77 valence electrons. The average Bonchev–Trinajstić information content (AvgIpc) is 2.33. The average molecular weight is 208 g/mol. The molecule has 0 aliphatic carbocycles. The molecular weight excluding hydrogens is 198 g/mol. The first-order valence-corrected chi connectivity index (χ1v) is 4.95. The third-order valence-corrected chi connectivity index (χ3v) is 2.11. The molecule has 0 saturated carbocycles. The number of hydrogen-bond acceptors (Lipinski definition) is 2. The molecule has 0 saturated heterocycles. The summed E-state index contributed by atoms with van der Waals surface area (Å²) in [5.41, 5.74) is 0.786. The highest BCUT2D eigenvalue weighted by molar-refractivity contribution is 5.44. The maximum absolute atomic E-state index is 8.65. The van der Waals surface area contributed by atoms with Crippen LogP contribution in [0.2, 0.25) is 0 Å². The van der Waals surface area contributed by atoms with Gasteiger partial charge in [0.2, 0.25) is 0 Å². The maximum atomic E-state index is 8.65. The van der Waals surface area contributed by atoms with Crippen molar-refractivity contribution in [2.75, 3.05) is 0 Å². The first kappa shape index (κ1) is 10.3. The van der Waals surface area contributed by atoms with Crippen LogP contribution in [0.4, 0.5) is 0 Å². The Labute approximate surface area is 94.7 Å². The number of nitriles is 1. The summed E-state index contributed by atoms with van der Waals surface area (Å²) >= 11 is 0. The second kappa shape index (κ2) is 4.99. The zero-order valence-electron chi connectivity index (χ0n) is 8.63. The van der Waals surface area contributed by atoms with Crippen molar-refractivity contribution in [1.82, 2.24) is 0 Å². The van der Waals surface area contributed by atoms with Crippen molar-refractivity contribution in [2.24, 2.45) is 0 Å². The van der Waals surface area contributed by atoms with Crippen LogP contribution in [0.5, 0.6) is 11.5 Å². The standard InChI is InChI=1S/C14H10NO/c15-11-10-12-6-4-5-9-14(12)16-13-7-2-1-3-8-13/h1-10H. The monoisotopic (exact) mass is 208 g/mol. The van der Waals surface area contributed by atoms with E-state index in [4.69, 9.17) is 10.00 Å². The number of benzene rings is 2. The molecule has 0 aromatic heterocycles. The van der Waals surface area contributed by atoms with Gasteiger partial charge in [-0.15, -0.1) is 0 Å². The molecule has 0 aliphatic rings. The fourth-order valence-electron chi connectivity index (χ4n) is 1.38. The molecule has 0 unspecified atom stereocenters. The highest BCUT2D eigenvalue weighted by Crippen LogP contribution is 2.25. The summed E-state index contributed by atoms with van der Waals surface area (Å²) in [5.74, 6) is 1.46. The van der Waals surface area contributed by atoms with E-state index in [0.717, 1.165) is 11.3 Å². The van der Waals surface area contributed by atoms with Gasteiger partial charge in [-0.2, -0.15) is 5.26 Å².